The molecule has 39 heavy (non-hydrogen) atoms. The molecule has 0 atom stereocenters. The normalized spacial score (nSPS) is 18.9. The number of pyridine rings is 2. The molecule has 204 valence electrons. The van der Waals surface area contributed by atoms with E-state index in [1.54, 1.807) is 17.5 Å². The van der Waals surface area contributed by atoms with Gasteiger partial charge in [0.25, 0.3) is 5.91 Å². The largest absolute Gasteiger partial charge is 0.353 e. The van der Waals surface area contributed by atoms with Crippen LogP contribution in [0.3, 0.4) is 0 Å². The second-order valence-corrected chi connectivity index (χ2v) is 11.1. The molecule has 0 aromatic carbocycles. The third-order valence-electron chi connectivity index (χ3n) is 7.92. The van der Waals surface area contributed by atoms with Gasteiger partial charge < -0.3 is 24.5 Å². The highest BCUT2D eigenvalue weighted by molar-refractivity contribution is 7.09. The molecule has 3 saturated heterocycles. The molecule has 0 N–H and O–H groups in total. The summed E-state index contributed by atoms with van der Waals surface area (Å²) in [6, 6.07) is 12.0. The number of amides is 3. The number of carbonyl (C=O) groups excluding carboxylic acids is 2. The zero-order valence-corrected chi connectivity index (χ0v) is 22.9. The number of nitrogens with zero attached hydrogens (tertiary/aromatic N) is 8. The summed E-state index contributed by atoms with van der Waals surface area (Å²) in [6.07, 6.45) is 5.37. The van der Waals surface area contributed by atoms with Crippen LogP contribution >= 0.6 is 11.3 Å². The molecule has 0 spiro atoms. The maximum Gasteiger partial charge on any atom is 0.320 e. The Bertz CT molecular complexity index is 1250. The first kappa shape index (κ1) is 25.5. The Morgan fingerprint density at radius 1 is 0.692 bits per heavy atom. The van der Waals surface area contributed by atoms with E-state index in [4.69, 9.17) is 4.98 Å². The smallest absolute Gasteiger partial charge is 0.320 e. The van der Waals surface area contributed by atoms with E-state index in [0.717, 1.165) is 68.8 Å². The summed E-state index contributed by atoms with van der Waals surface area (Å²) in [5.41, 5.74) is 0.547. The molecule has 0 unspecified atom stereocenters. The Labute approximate surface area is 232 Å². The van der Waals surface area contributed by atoms with Crippen LogP contribution in [0.2, 0.25) is 0 Å². The molecule has 3 aliphatic heterocycles. The van der Waals surface area contributed by atoms with Gasteiger partial charge in [-0.15, -0.1) is 11.3 Å². The van der Waals surface area contributed by atoms with E-state index in [-0.39, 0.29) is 11.9 Å². The zero-order chi connectivity index (χ0) is 26.6. The number of hydrogen-bond acceptors (Lipinski definition) is 8. The molecule has 11 heteroatoms. The van der Waals surface area contributed by atoms with Crippen LogP contribution in [0.1, 0.15) is 34.3 Å². The first-order chi connectivity index (χ1) is 19.2. The van der Waals surface area contributed by atoms with Gasteiger partial charge >= 0.3 is 6.03 Å². The van der Waals surface area contributed by atoms with Gasteiger partial charge in [-0.05, 0) is 37.1 Å². The van der Waals surface area contributed by atoms with Crippen molar-refractivity contribution in [3.63, 3.8) is 0 Å². The number of rotatable bonds is 4. The van der Waals surface area contributed by atoms with Crippen molar-refractivity contribution in [1.29, 1.82) is 0 Å². The number of carbonyl (C=O) groups is 2. The molecule has 3 aromatic rings. The number of piperidine rings is 1. The fourth-order valence-electron chi connectivity index (χ4n) is 5.60. The van der Waals surface area contributed by atoms with Crippen LogP contribution in [0.4, 0.5) is 16.4 Å². The summed E-state index contributed by atoms with van der Waals surface area (Å²) >= 11 is 1.58. The number of urea groups is 1. The third-order valence-corrected chi connectivity index (χ3v) is 8.93. The number of aromatic nitrogens is 3. The number of likely N-dealkylation sites (tertiary alicyclic amines) is 1. The highest BCUT2D eigenvalue weighted by Gasteiger charge is 2.31. The molecule has 0 radical (unpaired) electrons. The standard InChI is InChI=1S/C28H34N8O2S/c37-27(34-17-13-32(14-18-34)24-5-1-3-9-29-24)23-21-39-26(31-23)22-7-11-35(12-8-22)28(38)36-19-15-33(16-20-36)25-6-2-4-10-30-25/h1-6,9-10,21-22H,7-8,11-20H2. The molecule has 10 nitrogen and oxygen atoms in total. The first-order valence-electron chi connectivity index (χ1n) is 13.8. The lowest BCUT2D eigenvalue weighted by atomic mass is 9.98. The van der Waals surface area contributed by atoms with E-state index in [0.29, 0.717) is 37.8 Å². The van der Waals surface area contributed by atoms with Crippen LogP contribution in [-0.4, -0.2) is 107 Å². The van der Waals surface area contributed by atoms with Crippen molar-refractivity contribution in [2.24, 2.45) is 0 Å². The Morgan fingerprint density at radius 2 is 1.23 bits per heavy atom. The minimum Gasteiger partial charge on any atom is -0.353 e. The number of anilines is 2. The number of hydrogen-bond donors (Lipinski definition) is 0. The van der Waals surface area contributed by atoms with Crippen LogP contribution in [0, 0.1) is 0 Å². The van der Waals surface area contributed by atoms with Gasteiger partial charge in [0.05, 0.1) is 5.01 Å². The zero-order valence-electron chi connectivity index (χ0n) is 22.1. The van der Waals surface area contributed by atoms with E-state index in [9.17, 15) is 9.59 Å². The predicted molar refractivity (Wildman–Crippen MR) is 151 cm³/mol. The highest BCUT2D eigenvalue weighted by Crippen LogP contribution is 2.31. The van der Waals surface area contributed by atoms with Crippen LogP contribution in [0.25, 0.3) is 0 Å². The number of thiazole rings is 1. The fourth-order valence-corrected chi connectivity index (χ4v) is 6.57. The van der Waals surface area contributed by atoms with E-state index in [2.05, 4.69) is 19.8 Å². The van der Waals surface area contributed by atoms with Gasteiger partial charge in [0.2, 0.25) is 0 Å². The van der Waals surface area contributed by atoms with Crippen molar-refractivity contribution in [3.05, 3.63) is 64.9 Å². The monoisotopic (exact) mass is 546 g/mol. The minimum absolute atomic E-state index is 0.00984. The summed E-state index contributed by atoms with van der Waals surface area (Å²) in [6.45, 7) is 7.34. The van der Waals surface area contributed by atoms with Crippen LogP contribution in [0.15, 0.2) is 54.2 Å². The molecule has 3 amide bonds. The Balaban J connectivity index is 0.969. The molecule has 3 fully saturated rings. The van der Waals surface area contributed by atoms with Gasteiger partial charge in [-0.3, -0.25) is 4.79 Å². The van der Waals surface area contributed by atoms with Crippen LogP contribution in [-0.2, 0) is 0 Å². The molecular formula is C28H34N8O2S. The summed E-state index contributed by atoms with van der Waals surface area (Å²) in [5, 5.41) is 2.92. The Hall–Kier alpha value is -3.73. The minimum atomic E-state index is 0.00984. The summed E-state index contributed by atoms with van der Waals surface area (Å²) < 4.78 is 0. The second-order valence-electron chi connectivity index (χ2n) is 10.2. The average Bonchev–Trinajstić information content (AvgIpc) is 3.52. The van der Waals surface area contributed by atoms with E-state index >= 15 is 0 Å². The summed E-state index contributed by atoms with van der Waals surface area (Å²) in [4.78, 5) is 50.2. The van der Waals surface area contributed by atoms with Crippen LogP contribution in [0.5, 0.6) is 0 Å². The molecule has 6 heterocycles. The molecule has 0 saturated carbocycles. The summed E-state index contributed by atoms with van der Waals surface area (Å²) in [7, 11) is 0. The SMILES string of the molecule is O=C(c1csc(C2CCN(C(=O)N3CCN(c4ccccn4)CC3)CC2)n1)N1CCN(c2ccccn2)CC1. The van der Waals surface area contributed by atoms with Gasteiger partial charge in [-0.25, -0.2) is 19.7 Å². The molecule has 0 aliphatic carbocycles. The second kappa shape index (κ2) is 11.6. The van der Waals surface area contributed by atoms with Crippen molar-refractivity contribution in [2.75, 3.05) is 75.2 Å². The predicted octanol–water partition coefficient (Wildman–Crippen LogP) is 3.02. The fraction of sp³-hybridized carbons (Fsp3) is 0.464. The lowest BCUT2D eigenvalue weighted by Crippen LogP contribution is -2.54. The molecule has 6 rings (SSSR count). The first-order valence-corrected chi connectivity index (χ1v) is 14.6. The Morgan fingerprint density at radius 3 is 1.77 bits per heavy atom. The van der Waals surface area contributed by atoms with Crippen molar-refractivity contribution in [1.82, 2.24) is 29.7 Å². The highest BCUT2D eigenvalue weighted by atomic mass is 32.1. The lowest BCUT2D eigenvalue weighted by Gasteiger charge is -2.39. The van der Waals surface area contributed by atoms with Crippen molar-refractivity contribution in [3.8, 4) is 0 Å². The molecule has 3 aromatic heterocycles. The molecule has 0 bridgehead atoms. The van der Waals surface area contributed by atoms with E-state index in [1.165, 1.54) is 0 Å². The average molecular weight is 547 g/mol. The quantitative estimate of drug-likeness (QED) is 0.497. The van der Waals surface area contributed by atoms with Gasteiger partial charge in [0.15, 0.2) is 0 Å². The summed E-state index contributed by atoms with van der Waals surface area (Å²) in [5.74, 6) is 2.23. The van der Waals surface area contributed by atoms with Gasteiger partial charge in [-0.2, -0.15) is 0 Å². The molecule has 3 aliphatic rings. The van der Waals surface area contributed by atoms with Crippen molar-refractivity contribution in [2.45, 2.75) is 18.8 Å². The van der Waals surface area contributed by atoms with E-state index in [1.807, 2.05) is 62.7 Å². The van der Waals surface area contributed by atoms with E-state index < -0.39 is 0 Å². The van der Waals surface area contributed by atoms with Gasteiger partial charge in [0, 0.05) is 89.1 Å². The van der Waals surface area contributed by atoms with Crippen molar-refractivity contribution >= 4 is 34.9 Å². The van der Waals surface area contributed by atoms with Gasteiger partial charge in [-0.1, -0.05) is 12.1 Å². The topological polar surface area (TPSA) is 89.0 Å². The third kappa shape index (κ3) is 5.68. The number of piperazine rings is 2. The maximum absolute atomic E-state index is 13.2. The van der Waals surface area contributed by atoms with Gasteiger partial charge in [0.1, 0.15) is 17.3 Å². The van der Waals surface area contributed by atoms with Crippen LogP contribution < -0.4 is 9.80 Å². The molecular weight excluding hydrogens is 512 g/mol. The Kier molecular flexibility index (Phi) is 7.57. The lowest BCUT2D eigenvalue weighted by molar-refractivity contribution is 0.0741. The van der Waals surface area contributed by atoms with Crippen molar-refractivity contribution < 1.29 is 9.59 Å². The maximum atomic E-state index is 13.2.